The Bertz CT molecular complexity index is 596. The molecule has 0 aromatic heterocycles. The minimum absolute atomic E-state index is 0.312. The number of carboxylic acids is 1. The van der Waals surface area contributed by atoms with Crippen LogP contribution in [0.5, 0.6) is 0 Å². The van der Waals surface area contributed by atoms with Gasteiger partial charge < -0.3 is 36.6 Å². The fourth-order valence-electron chi connectivity index (χ4n) is 3.01. The van der Waals surface area contributed by atoms with Gasteiger partial charge in [0.2, 0.25) is 17.7 Å². The molecule has 1 heterocycles. The number of nitrogens with one attached hydrogen (secondary N) is 2. The van der Waals surface area contributed by atoms with Crippen LogP contribution in [0.25, 0.3) is 0 Å². The number of carbonyl (C=O) groups is 4. The average Bonchev–Trinajstić information content (AvgIpc) is 3.11. The third kappa shape index (κ3) is 5.88. The Morgan fingerprint density at radius 2 is 1.75 bits per heavy atom. The monoisotopic (exact) mass is 402 g/mol. The van der Waals surface area contributed by atoms with Crippen LogP contribution in [0.4, 0.5) is 0 Å². The van der Waals surface area contributed by atoms with Gasteiger partial charge in [-0.2, -0.15) is 0 Å². The summed E-state index contributed by atoms with van der Waals surface area (Å²) in [5, 5.41) is 32.5. The molecule has 1 rings (SSSR count). The van der Waals surface area contributed by atoms with Gasteiger partial charge in [-0.25, -0.2) is 4.79 Å². The number of carboxylic acid groups (broad SMARTS) is 1. The van der Waals surface area contributed by atoms with Gasteiger partial charge in [-0.1, -0.05) is 13.8 Å². The molecule has 0 bridgehead atoms. The van der Waals surface area contributed by atoms with E-state index in [1.807, 2.05) is 0 Å². The van der Waals surface area contributed by atoms with Gasteiger partial charge in [0.05, 0.1) is 12.7 Å². The maximum atomic E-state index is 12.7. The zero-order valence-electron chi connectivity index (χ0n) is 16.3. The van der Waals surface area contributed by atoms with Crippen molar-refractivity contribution in [2.24, 2.45) is 11.7 Å². The van der Waals surface area contributed by atoms with Crippen molar-refractivity contribution in [2.75, 3.05) is 13.2 Å². The molecule has 11 nitrogen and oxygen atoms in total. The van der Waals surface area contributed by atoms with Crippen molar-refractivity contribution in [3.63, 3.8) is 0 Å². The van der Waals surface area contributed by atoms with E-state index in [1.54, 1.807) is 13.8 Å². The molecule has 5 unspecified atom stereocenters. The Hall–Kier alpha value is -2.24. The molecule has 3 amide bonds. The van der Waals surface area contributed by atoms with E-state index in [2.05, 4.69) is 10.6 Å². The van der Waals surface area contributed by atoms with E-state index in [0.29, 0.717) is 19.4 Å². The predicted molar refractivity (Wildman–Crippen MR) is 97.8 cm³/mol. The quantitative estimate of drug-likeness (QED) is 0.242. The Balaban J connectivity index is 2.88. The van der Waals surface area contributed by atoms with Crippen molar-refractivity contribution < 1.29 is 34.5 Å². The fraction of sp³-hybridized carbons (Fsp3) is 0.765. The van der Waals surface area contributed by atoms with Crippen molar-refractivity contribution in [1.82, 2.24) is 15.5 Å². The molecule has 0 aliphatic carbocycles. The van der Waals surface area contributed by atoms with Crippen LogP contribution in [-0.4, -0.2) is 87.3 Å². The molecule has 1 saturated heterocycles. The van der Waals surface area contributed by atoms with Crippen LogP contribution in [0.15, 0.2) is 0 Å². The molecule has 1 fully saturated rings. The first-order chi connectivity index (χ1) is 13.0. The SMILES string of the molecule is CC(C)C(NC(=O)C1CCCN1C(=O)C(N)CO)C(=O)NC(C(=O)O)C(C)O. The van der Waals surface area contributed by atoms with Crippen molar-refractivity contribution in [2.45, 2.75) is 63.9 Å². The second-order valence-electron chi connectivity index (χ2n) is 7.27. The lowest BCUT2D eigenvalue weighted by atomic mass is 10.0. The van der Waals surface area contributed by atoms with Gasteiger partial charge >= 0.3 is 5.97 Å². The van der Waals surface area contributed by atoms with Crippen molar-refractivity contribution in [1.29, 1.82) is 0 Å². The molecule has 0 radical (unpaired) electrons. The molecule has 28 heavy (non-hydrogen) atoms. The molecular formula is C17H30N4O7. The number of hydrogen-bond acceptors (Lipinski definition) is 7. The number of hydrogen-bond donors (Lipinski definition) is 6. The number of aliphatic hydroxyl groups is 2. The second-order valence-corrected chi connectivity index (χ2v) is 7.27. The number of aliphatic hydroxyl groups excluding tert-OH is 2. The molecule has 0 aromatic carbocycles. The van der Waals surface area contributed by atoms with Crippen molar-refractivity contribution in [3.8, 4) is 0 Å². The van der Waals surface area contributed by atoms with Gasteiger partial charge in [-0.05, 0) is 25.7 Å². The summed E-state index contributed by atoms with van der Waals surface area (Å²) >= 11 is 0. The molecule has 0 aromatic rings. The number of rotatable bonds is 9. The molecule has 0 spiro atoms. The zero-order valence-corrected chi connectivity index (χ0v) is 16.3. The highest BCUT2D eigenvalue weighted by molar-refractivity contribution is 5.94. The molecule has 0 saturated carbocycles. The number of likely N-dealkylation sites (tertiary alicyclic amines) is 1. The average molecular weight is 402 g/mol. The van der Waals surface area contributed by atoms with E-state index < -0.39 is 60.6 Å². The largest absolute Gasteiger partial charge is 0.480 e. The molecule has 1 aliphatic heterocycles. The van der Waals surface area contributed by atoms with Gasteiger partial charge in [-0.15, -0.1) is 0 Å². The van der Waals surface area contributed by atoms with Gasteiger partial charge in [0.1, 0.15) is 18.1 Å². The van der Waals surface area contributed by atoms with E-state index in [-0.39, 0.29) is 5.92 Å². The lowest BCUT2D eigenvalue weighted by Crippen LogP contribution is -2.59. The molecule has 160 valence electrons. The second kappa shape index (κ2) is 10.3. The Morgan fingerprint density at radius 3 is 2.21 bits per heavy atom. The highest BCUT2D eigenvalue weighted by Gasteiger charge is 2.38. The predicted octanol–water partition coefficient (Wildman–Crippen LogP) is -2.61. The van der Waals surface area contributed by atoms with Crippen LogP contribution < -0.4 is 16.4 Å². The third-order valence-corrected chi connectivity index (χ3v) is 4.65. The zero-order chi connectivity index (χ0) is 21.6. The van der Waals surface area contributed by atoms with E-state index >= 15 is 0 Å². The van der Waals surface area contributed by atoms with E-state index in [0.717, 1.165) is 0 Å². The molecular weight excluding hydrogens is 372 g/mol. The number of nitrogens with zero attached hydrogens (tertiary/aromatic N) is 1. The van der Waals surface area contributed by atoms with E-state index in [4.69, 9.17) is 15.9 Å². The Morgan fingerprint density at radius 1 is 1.14 bits per heavy atom. The third-order valence-electron chi connectivity index (χ3n) is 4.65. The summed E-state index contributed by atoms with van der Waals surface area (Å²) in [6, 6.07) is -4.53. The first kappa shape index (κ1) is 23.8. The van der Waals surface area contributed by atoms with Crippen molar-refractivity contribution >= 4 is 23.7 Å². The lowest BCUT2D eigenvalue weighted by Gasteiger charge is -2.29. The summed E-state index contributed by atoms with van der Waals surface area (Å²) in [7, 11) is 0. The van der Waals surface area contributed by atoms with Crippen molar-refractivity contribution in [3.05, 3.63) is 0 Å². The highest BCUT2D eigenvalue weighted by atomic mass is 16.4. The van der Waals surface area contributed by atoms with Gasteiger partial charge in [0, 0.05) is 6.54 Å². The number of amides is 3. The smallest absolute Gasteiger partial charge is 0.328 e. The summed E-state index contributed by atoms with van der Waals surface area (Å²) in [5.74, 6) is -3.64. The summed E-state index contributed by atoms with van der Waals surface area (Å²) in [4.78, 5) is 49.9. The van der Waals surface area contributed by atoms with E-state index in [1.165, 1.54) is 11.8 Å². The first-order valence-corrected chi connectivity index (χ1v) is 9.19. The number of aliphatic carboxylic acids is 1. The van der Waals surface area contributed by atoms with Gasteiger partial charge in [-0.3, -0.25) is 14.4 Å². The Kier molecular flexibility index (Phi) is 8.79. The lowest BCUT2D eigenvalue weighted by molar-refractivity contribution is -0.146. The van der Waals surface area contributed by atoms with Crippen LogP contribution in [0.1, 0.15) is 33.6 Å². The summed E-state index contributed by atoms with van der Waals surface area (Å²) in [6.45, 7) is 4.33. The minimum Gasteiger partial charge on any atom is -0.480 e. The molecule has 11 heteroatoms. The van der Waals surface area contributed by atoms with Crippen LogP contribution >= 0.6 is 0 Å². The Labute approximate surface area is 163 Å². The topological polar surface area (TPSA) is 182 Å². The number of carbonyl (C=O) groups excluding carboxylic acids is 3. The van der Waals surface area contributed by atoms with E-state index in [9.17, 15) is 24.3 Å². The van der Waals surface area contributed by atoms with Crippen LogP contribution in [0.3, 0.4) is 0 Å². The summed E-state index contributed by atoms with van der Waals surface area (Å²) in [6.07, 6.45) is -0.370. The molecule has 5 atom stereocenters. The molecule has 1 aliphatic rings. The van der Waals surface area contributed by atoms with Gasteiger partial charge in [0.15, 0.2) is 6.04 Å². The summed E-state index contributed by atoms with van der Waals surface area (Å²) in [5.41, 5.74) is 5.55. The maximum absolute atomic E-state index is 12.7. The first-order valence-electron chi connectivity index (χ1n) is 9.19. The normalized spacial score (nSPS) is 21.0. The fourth-order valence-corrected chi connectivity index (χ4v) is 3.01. The standard InChI is InChI=1S/C17H30N4O7/c1-8(2)12(15(25)20-13(9(3)23)17(27)28)19-14(24)11-5-4-6-21(11)16(26)10(18)7-22/h8-13,22-23H,4-7,18H2,1-3H3,(H,19,24)(H,20,25)(H,27,28). The van der Waals surface area contributed by atoms with Crippen LogP contribution in [0.2, 0.25) is 0 Å². The highest BCUT2D eigenvalue weighted by Crippen LogP contribution is 2.19. The van der Waals surface area contributed by atoms with Gasteiger partial charge in [0.25, 0.3) is 0 Å². The summed E-state index contributed by atoms with van der Waals surface area (Å²) < 4.78 is 0. The molecule has 7 N–H and O–H groups in total. The maximum Gasteiger partial charge on any atom is 0.328 e. The van der Waals surface area contributed by atoms with Crippen LogP contribution in [0, 0.1) is 5.92 Å². The van der Waals surface area contributed by atoms with Crippen LogP contribution in [-0.2, 0) is 19.2 Å². The minimum atomic E-state index is -1.52. The number of nitrogens with two attached hydrogens (primary N) is 1.